The van der Waals surface area contributed by atoms with Gasteiger partial charge in [0.25, 0.3) is 0 Å². The lowest BCUT2D eigenvalue weighted by Gasteiger charge is -2.37. The Labute approximate surface area is 220 Å². The van der Waals surface area contributed by atoms with Crippen LogP contribution in [0.15, 0.2) is 30.3 Å². The largest absolute Gasteiger partial charge is 0.381 e. The number of carbonyl (C=O) groups is 3. The first-order valence-corrected chi connectivity index (χ1v) is 13.9. The van der Waals surface area contributed by atoms with Crippen LogP contribution >= 0.6 is 0 Å². The highest BCUT2D eigenvalue weighted by Gasteiger charge is 2.56. The van der Waals surface area contributed by atoms with Crippen LogP contribution < -0.4 is 11.1 Å². The van der Waals surface area contributed by atoms with E-state index in [1.807, 2.05) is 30.3 Å². The number of primary amides is 1. The van der Waals surface area contributed by atoms with Gasteiger partial charge in [0.15, 0.2) is 0 Å². The predicted molar refractivity (Wildman–Crippen MR) is 142 cm³/mol. The normalized spacial score (nSPS) is 25.6. The van der Waals surface area contributed by atoms with E-state index in [-0.39, 0.29) is 12.5 Å². The molecule has 2 aliphatic heterocycles. The Balaban J connectivity index is 1.29. The van der Waals surface area contributed by atoms with Crippen molar-refractivity contribution < 1.29 is 19.1 Å². The monoisotopic (exact) mass is 513 g/mol. The molecule has 3 N–H and O–H groups in total. The Bertz CT molecular complexity index is 914. The van der Waals surface area contributed by atoms with E-state index in [0.29, 0.717) is 25.8 Å². The molecular weight excluding hydrogens is 470 g/mol. The number of amides is 4. The summed E-state index contributed by atoms with van der Waals surface area (Å²) in [7, 11) is 0. The zero-order valence-corrected chi connectivity index (χ0v) is 22.2. The summed E-state index contributed by atoms with van der Waals surface area (Å²) >= 11 is 0. The van der Waals surface area contributed by atoms with E-state index in [0.717, 1.165) is 76.8 Å². The number of nitrogens with one attached hydrogen (secondary N) is 1. The fourth-order valence-electron chi connectivity index (χ4n) is 6.32. The summed E-state index contributed by atoms with van der Waals surface area (Å²) in [6.07, 6.45) is 4.08. The molecule has 37 heavy (non-hydrogen) atoms. The predicted octanol–water partition coefficient (Wildman–Crippen LogP) is 2.03. The molecule has 2 atom stereocenters. The standard InChI is InChI=1S/C28H43N5O4/c1-2-33(26(35)28(25(29)34)12-6-9-24(28)23-7-4-3-5-8-23)27(36)30-13-14-31-15-17-32(18-16-31)21-22-10-19-37-20-11-22/h3-5,7-8,22,24H,2,6,9-21H2,1H3,(H2,29,34)(H,30,36)/t24?,28-/m1/s1. The van der Waals surface area contributed by atoms with E-state index in [1.54, 1.807) is 6.92 Å². The van der Waals surface area contributed by atoms with Crippen LogP contribution in [-0.4, -0.2) is 98.1 Å². The molecule has 1 aromatic carbocycles. The molecular formula is C28H43N5O4. The average molecular weight is 514 g/mol. The lowest BCUT2D eigenvalue weighted by atomic mass is 9.72. The minimum absolute atomic E-state index is 0.187. The Morgan fingerprint density at radius 2 is 1.73 bits per heavy atom. The maximum Gasteiger partial charge on any atom is 0.324 e. The number of hydrogen-bond acceptors (Lipinski definition) is 6. The molecule has 3 fully saturated rings. The van der Waals surface area contributed by atoms with Gasteiger partial charge in [0.05, 0.1) is 0 Å². The Hall–Kier alpha value is -2.49. The second-order valence-electron chi connectivity index (χ2n) is 10.7. The lowest BCUT2D eigenvalue weighted by Crippen LogP contribution is -2.56. The molecule has 0 radical (unpaired) electrons. The van der Waals surface area contributed by atoms with Crippen molar-refractivity contribution in [3.05, 3.63) is 35.9 Å². The van der Waals surface area contributed by atoms with Gasteiger partial charge in [0.2, 0.25) is 11.8 Å². The smallest absolute Gasteiger partial charge is 0.324 e. The van der Waals surface area contributed by atoms with E-state index in [9.17, 15) is 14.4 Å². The highest BCUT2D eigenvalue weighted by molar-refractivity contribution is 6.10. The van der Waals surface area contributed by atoms with Crippen molar-refractivity contribution in [1.82, 2.24) is 20.0 Å². The topological polar surface area (TPSA) is 108 Å². The molecule has 1 saturated carbocycles. The van der Waals surface area contributed by atoms with Crippen molar-refractivity contribution in [3.63, 3.8) is 0 Å². The van der Waals surface area contributed by atoms with E-state index >= 15 is 0 Å². The van der Waals surface area contributed by atoms with Crippen LogP contribution in [0, 0.1) is 11.3 Å². The molecule has 0 spiro atoms. The summed E-state index contributed by atoms with van der Waals surface area (Å²) in [6.45, 7) is 10.1. The molecule has 1 unspecified atom stereocenters. The molecule has 9 nitrogen and oxygen atoms in total. The van der Waals surface area contributed by atoms with Crippen LogP contribution in [0.5, 0.6) is 0 Å². The van der Waals surface area contributed by atoms with E-state index in [2.05, 4.69) is 15.1 Å². The summed E-state index contributed by atoms with van der Waals surface area (Å²) in [4.78, 5) is 45.7. The van der Waals surface area contributed by atoms with Crippen molar-refractivity contribution in [2.24, 2.45) is 17.1 Å². The molecule has 2 saturated heterocycles. The van der Waals surface area contributed by atoms with Gasteiger partial charge in [-0.25, -0.2) is 4.79 Å². The summed E-state index contributed by atoms with van der Waals surface area (Å²) in [5, 5.41) is 2.92. The van der Waals surface area contributed by atoms with Crippen LogP contribution in [-0.2, 0) is 14.3 Å². The number of nitrogens with zero attached hydrogens (tertiary/aromatic N) is 3. The minimum atomic E-state index is -1.39. The van der Waals surface area contributed by atoms with Crippen molar-refractivity contribution in [1.29, 1.82) is 0 Å². The van der Waals surface area contributed by atoms with Crippen molar-refractivity contribution in [2.75, 3.05) is 65.6 Å². The molecule has 4 rings (SSSR count). The second kappa shape index (κ2) is 12.8. The Morgan fingerprint density at radius 1 is 1.05 bits per heavy atom. The van der Waals surface area contributed by atoms with E-state index < -0.39 is 23.3 Å². The zero-order chi connectivity index (χ0) is 26.3. The van der Waals surface area contributed by atoms with Crippen molar-refractivity contribution in [2.45, 2.75) is 44.9 Å². The molecule has 0 aromatic heterocycles. The maximum absolute atomic E-state index is 13.8. The third-order valence-electron chi connectivity index (χ3n) is 8.52. The van der Waals surface area contributed by atoms with Gasteiger partial charge < -0.3 is 20.7 Å². The molecule has 2 heterocycles. The number of rotatable bonds is 9. The average Bonchev–Trinajstić information content (AvgIpc) is 3.38. The number of piperazine rings is 1. The van der Waals surface area contributed by atoms with Gasteiger partial charge in [-0.3, -0.25) is 19.4 Å². The first-order chi connectivity index (χ1) is 18.0. The van der Waals surface area contributed by atoms with Crippen LogP contribution in [0.3, 0.4) is 0 Å². The second-order valence-corrected chi connectivity index (χ2v) is 10.7. The van der Waals surface area contributed by atoms with Gasteiger partial charge in [-0.05, 0) is 44.1 Å². The van der Waals surface area contributed by atoms with Crippen LogP contribution in [0.1, 0.15) is 50.5 Å². The minimum Gasteiger partial charge on any atom is -0.381 e. The first-order valence-electron chi connectivity index (χ1n) is 13.9. The molecule has 4 amide bonds. The van der Waals surface area contributed by atoms with Gasteiger partial charge in [-0.2, -0.15) is 0 Å². The summed E-state index contributed by atoms with van der Waals surface area (Å²) < 4.78 is 5.47. The molecule has 0 bridgehead atoms. The zero-order valence-electron chi connectivity index (χ0n) is 22.2. The molecule has 1 aliphatic carbocycles. The molecule has 9 heteroatoms. The van der Waals surface area contributed by atoms with Gasteiger partial charge in [0.1, 0.15) is 5.41 Å². The van der Waals surface area contributed by atoms with Crippen LogP contribution in [0.2, 0.25) is 0 Å². The SMILES string of the molecule is CCN(C(=O)NCCN1CCN(CC2CCOCC2)CC1)C(=O)[C@]1(C(N)=O)CCCC1c1ccccc1. The third kappa shape index (κ3) is 6.33. The Morgan fingerprint density at radius 3 is 2.38 bits per heavy atom. The Kier molecular flexibility index (Phi) is 9.56. The van der Waals surface area contributed by atoms with Crippen LogP contribution in [0.25, 0.3) is 0 Å². The van der Waals surface area contributed by atoms with Gasteiger partial charge in [-0.15, -0.1) is 0 Å². The first kappa shape index (κ1) is 27.5. The van der Waals surface area contributed by atoms with E-state index in [1.165, 1.54) is 4.90 Å². The molecule has 3 aliphatic rings. The van der Waals surface area contributed by atoms with Gasteiger partial charge in [0, 0.05) is 71.5 Å². The molecule has 1 aromatic rings. The quantitative estimate of drug-likeness (QED) is 0.489. The fourth-order valence-corrected chi connectivity index (χ4v) is 6.32. The summed E-state index contributed by atoms with van der Waals surface area (Å²) in [5.74, 6) is -0.706. The lowest BCUT2D eigenvalue weighted by molar-refractivity contribution is -0.147. The number of nitrogens with two attached hydrogens (primary N) is 1. The van der Waals surface area contributed by atoms with Crippen molar-refractivity contribution in [3.8, 4) is 0 Å². The number of imide groups is 1. The number of ether oxygens (including phenoxy) is 1. The highest BCUT2D eigenvalue weighted by Crippen LogP contribution is 2.50. The van der Waals surface area contributed by atoms with Crippen LogP contribution in [0.4, 0.5) is 4.79 Å². The number of benzene rings is 1. The van der Waals surface area contributed by atoms with Gasteiger partial charge in [-0.1, -0.05) is 36.8 Å². The van der Waals surface area contributed by atoms with Crippen molar-refractivity contribution >= 4 is 17.8 Å². The fraction of sp³-hybridized carbons (Fsp3) is 0.679. The maximum atomic E-state index is 13.8. The third-order valence-corrected chi connectivity index (χ3v) is 8.52. The number of hydrogen-bond donors (Lipinski definition) is 2. The highest BCUT2D eigenvalue weighted by atomic mass is 16.5. The van der Waals surface area contributed by atoms with Gasteiger partial charge >= 0.3 is 6.03 Å². The summed E-state index contributed by atoms with van der Waals surface area (Å²) in [5.41, 5.74) is 5.41. The molecule has 204 valence electrons. The van der Waals surface area contributed by atoms with E-state index in [4.69, 9.17) is 10.5 Å². The number of urea groups is 1. The number of carbonyl (C=O) groups excluding carboxylic acids is 3. The summed E-state index contributed by atoms with van der Waals surface area (Å²) in [6, 6.07) is 9.12.